The molecule has 2 amide bonds. The van der Waals surface area contributed by atoms with Gasteiger partial charge in [0.2, 0.25) is 11.8 Å². The molecule has 0 aliphatic heterocycles. The molecule has 65 heavy (non-hydrogen) atoms. The monoisotopic (exact) mass is 1190 g/mol. The number of nitrogens with zero attached hydrogens (tertiary/aromatic N) is 2. The second-order valence-corrected chi connectivity index (χ2v) is 59.3. The van der Waals surface area contributed by atoms with Crippen molar-refractivity contribution in [3.63, 3.8) is 0 Å². The Labute approximate surface area is 432 Å². The maximum absolute atomic E-state index is 12.8. The number of nitrogens with one attached hydrogen (secondary N) is 2. The highest BCUT2D eigenvalue weighted by molar-refractivity contribution is 6.91. The molecule has 22 heteroatoms. The molecule has 0 rings (SSSR count). The summed E-state index contributed by atoms with van der Waals surface area (Å²) in [5, 5.41) is 6.34. The molecule has 0 saturated heterocycles. The van der Waals surface area contributed by atoms with Crippen LogP contribution in [0.25, 0.3) is 0 Å². The number of unbranched alkanes of at least 4 members (excludes halogenated alkanes) is 4. The molecule has 0 heterocycles. The zero-order valence-corrected chi connectivity index (χ0v) is 57.5. The normalized spacial score (nSPS) is 13.9. The van der Waals surface area contributed by atoms with E-state index in [4.69, 9.17) is 24.7 Å². The van der Waals surface area contributed by atoms with E-state index in [0.717, 1.165) is 98.6 Å². The first-order valence-electron chi connectivity index (χ1n) is 24.5. The van der Waals surface area contributed by atoms with Gasteiger partial charge < -0.3 is 78.3 Å². The lowest BCUT2D eigenvalue weighted by Crippen LogP contribution is -3.00. The van der Waals surface area contributed by atoms with Crippen LogP contribution >= 0.6 is 0 Å². The smallest absolute Gasteiger partial charge is 0.469 e. The third-order valence-corrected chi connectivity index (χ3v) is 33.7. The standard InChI is InChI=1S/C43H104N4O8Si8.2BrH/c1-46(2,36-27-23-25-32-42(48)44-34-29-40-62(50-56(5,6)7,51-57(8,9)10)52-58(11,12)13)38-31-39-47(3,4)37-28-24-26-33-43(49)45-35-30-41-63(53-59(14,15)16,54-60(17,18)19)55-61(20,21)22;;/h23-41H2,1-22H3;2*1H. The molecule has 392 valence electrons. The van der Waals surface area contributed by atoms with Gasteiger partial charge >= 0.3 is 17.6 Å². The van der Waals surface area contributed by atoms with Gasteiger partial charge in [0.1, 0.15) is 0 Å². The van der Waals surface area contributed by atoms with Crippen molar-refractivity contribution < 1.29 is 77.2 Å². The van der Waals surface area contributed by atoms with Gasteiger partial charge in [-0.2, -0.15) is 0 Å². The van der Waals surface area contributed by atoms with Crippen LogP contribution in [0.15, 0.2) is 0 Å². The minimum atomic E-state index is -2.87. The number of halogens is 2. The highest BCUT2D eigenvalue weighted by Crippen LogP contribution is 2.31. The molecule has 0 aliphatic rings. The van der Waals surface area contributed by atoms with Gasteiger partial charge in [0, 0.05) is 44.4 Å². The van der Waals surface area contributed by atoms with Crippen molar-refractivity contribution in [3.8, 4) is 0 Å². The fourth-order valence-corrected chi connectivity index (χ4v) is 36.9. The summed E-state index contributed by atoms with van der Waals surface area (Å²) in [6, 6.07) is 1.50. The summed E-state index contributed by atoms with van der Waals surface area (Å²) in [5.41, 5.74) is 0. The number of rotatable bonds is 36. The quantitative estimate of drug-likeness (QED) is 0.0530. The van der Waals surface area contributed by atoms with Crippen LogP contribution in [0.5, 0.6) is 0 Å². The number of carbonyl (C=O) groups is 2. The average Bonchev–Trinajstić information content (AvgIpc) is 2.99. The van der Waals surface area contributed by atoms with Gasteiger partial charge in [-0.05, 0) is 169 Å². The topological polar surface area (TPSA) is 114 Å². The SMILES string of the molecule is C[N+](C)(CCCCCC(=O)NCCC[Si](O[Si](C)(C)C)(O[Si](C)(C)C)O[Si](C)(C)C)CCC[N+](C)(C)CCCCCC(=O)NCCC[Si](O[Si](C)(C)C)(O[Si](C)(C)C)O[Si](C)(C)C.[Br-].[Br-]. The molecule has 0 fully saturated rings. The van der Waals surface area contributed by atoms with Gasteiger partial charge in [0.05, 0.1) is 54.4 Å². The molecule has 0 aliphatic carbocycles. The first kappa shape index (κ1) is 70.6. The maximum atomic E-state index is 12.8. The highest BCUT2D eigenvalue weighted by Gasteiger charge is 2.51. The Kier molecular flexibility index (Phi) is 33.0. The summed E-state index contributed by atoms with van der Waals surface area (Å²) in [4.78, 5) is 25.5. The van der Waals surface area contributed by atoms with Crippen LogP contribution in [-0.4, -0.2) is 156 Å². The summed E-state index contributed by atoms with van der Waals surface area (Å²) in [7, 11) is -7.82. The molecule has 0 unspecified atom stereocenters. The minimum Gasteiger partial charge on any atom is -1.00 e. The molecule has 0 saturated carbocycles. The number of hydrogen-bond acceptors (Lipinski definition) is 8. The molecule has 0 spiro atoms. The summed E-state index contributed by atoms with van der Waals surface area (Å²) in [6.45, 7) is 45.6. The Bertz CT molecular complexity index is 1160. The van der Waals surface area contributed by atoms with Crippen molar-refractivity contribution in [2.24, 2.45) is 0 Å². The molecule has 0 radical (unpaired) electrons. The Morgan fingerprint density at radius 1 is 0.354 bits per heavy atom. The van der Waals surface area contributed by atoms with E-state index in [9.17, 15) is 9.59 Å². The van der Waals surface area contributed by atoms with Crippen molar-refractivity contribution in [2.75, 3.05) is 67.5 Å². The van der Waals surface area contributed by atoms with Crippen molar-refractivity contribution in [3.05, 3.63) is 0 Å². The lowest BCUT2D eigenvalue weighted by Gasteiger charge is -2.43. The van der Waals surface area contributed by atoms with Crippen molar-refractivity contribution >= 4 is 79.3 Å². The summed E-state index contributed by atoms with van der Waals surface area (Å²) in [6.07, 6.45) is 10.2. The van der Waals surface area contributed by atoms with Gasteiger partial charge in [-0.15, -0.1) is 0 Å². The van der Waals surface area contributed by atoms with E-state index in [0.29, 0.717) is 25.9 Å². The van der Waals surface area contributed by atoms with E-state index in [1.807, 2.05) is 0 Å². The molecule has 0 bridgehead atoms. The molecular weight excluding hydrogens is 1080 g/mol. The highest BCUT2D eigenvalue weighted by atomic mass is 79.9. The van der Waals surface area contributed by atoms with Crippen molar-refractivity contribution in [2.45, 2.75) is 201 Å². The largest absolute Gasteiger partial charge is 1.00 e. The van der Waals surface area contributed by atoms with Crippen LogP contribution in [0.4, 0.5) is 0 Å². The molecule has 0 aromatic carbocycles. The summed E-state index contributed by atoms with van der Waals surface area (Å²) < 4.78 is 42.8. The minimum absolute atomic E-state index is 0. The number of amides is 2. The van der Waals surface area contributed by atoms with Gasteiger partial charge in [-0.3, -0.25) is 9.59 Å². The van der Waals surface area contributed by atoms with Gasteiger partial charge in [-0.1, -0.05) is 0 Å². The molecule has 0 aromatic rings. The van der Waals surface area contributed by atoms with Gasteiger partial charge in [0.25, 0.3) is 0 Å². The van der Waals surface area contributed by atoms with E-state index >= 15 is 0 Å². The molecular formula is C43H106Br2N4O8Si8. The molecule has 0 aromatic heterocycles. The lowest BCUT2D eigenvalue weighted by molar-refractivity contribution is -0.909. The fourth-order valence-electron chi connectivity index (χ4n) is 7.63. The van der Waals surface area contributed by atoms with E-state index in [2.05, 4.69) is 157 Å². The molecule has 2 N–H and O–H groups in total. The zero-order chi connectivity index (χ0) is 49.2. The Morgan fingerprint density at radius 2 is 0.585 bits per heavy atom. The predicted octanol–water partition coefficient (Wildman–Crippen LogP) is 4.66. The predicted molar refractivity (Wildman–Crippen MR) is 288 cm³/mol. The second-order valence-electron chi connectivity index (χ2n) is 25.3. The lowest BCUT2D eigenvalue weighted by atomic mass is 10.1. The Hall–Kier alpha value is 1.32. The molecule has 12 nitrogen and oxygen atoms in total. The fraction of sp³-hybridized carbons (Fsp3) is 0.953. The first-order valence-corrected chi connectivity index (χ1v) is 48.8. The van der Waals surface area contributed by atoms with Crippen LogP contribution in [0, 0.1) is 0 Å². The van der Waals surface area contributed by atoms with Crippen LogP contribution < -0.4 is 44.6 Å². The van der Waals surface area contributed by atoms with E-state index in [1.54, 1.807) is 0 Å². The van der Waals surface area contributed by atoms with Crippen LogP contribution in [-0.2, 0) is 34.3 Å². The third-order valence-electron chi connectivity index (χ3n) is 9.60. The second kappa shape index (κ2) is 30.4. The number of hydrogen-bond donors (Lipinski definition) is 2. The maximum Gasteiger partial charge on any atom is 0.469 e. The van der Waals surface area contributed by atoms with Crippen LogP contribution in [0.2, 0.25) is 130 Å². The van der Waals surface area contributed by atoms with E-state index in [-0.39, 0.29) is 45.8 Å². The van der Waals surface area contributed by atoms with Gasteiger partial charge in [0.15, 0.2) is 49.9 Å². The zero-order valence-electron chi connectivity index (χ0n) is 46.4. The van der Waals surface area contributed by atoms with Crippen molar-refractivity contribution in [1.82, 2.24) is 10.6 Å². The van der Waals surface area contributed by atoms with E-state index in [1.165, 1.54) is 6.42 Å². The number of quaternary nitrogens is 2. The average molecular weight is 1190 g/mol. The van der Waals surface area contributed by atoms with Crippen LogP contribution in [0.1, 0.15) is 70.6 Å². The summed E-state index contributed by atoms with van der Waals surface area (Å²) in [5.74, 6) is 0.281. The number of carbonyl (C=O) groups excluding carboxylic acids is 2. The molecule has 0 atom stereocenters. The van der Waals surface area contributed by atoms with Crippen molar-refractivity contribution in [1.29, 1.82) is 0 Å². The Balaban J connectivity index is -0.0000192. The Morgan fingerprint density at radius 3 is 0.815 bits per heavy atom. The van der Waals surface area contributed by atoms with E-state index < -0.39 is 67.5 Å². The van der Waals surface area contributed by atoms with Crippen LogP contribution in [0.3, 0.4) is 0 Å². The first-order chi connectivity index (χ1) is 28.2. The summed E-state index contributed by atoms with van der Waals surface area (Å²) >= 11 is 0. The third kappa shape index (κ3) is 41.6. The van der Waals surface area contributed by atoms with Gasteiger partial charge in [-0.25, -0.2) is 0 Å².